The van der Waals surface area contributed by atoms with Crippen LogP contribution in [0.1, 0.15) is 26.7 Å². The van der Waals surface area contributed by atoms with Crippen LogP contribution in [0.5, 0.6) is 0 Å². The Morgan fingerprint density at radius 2 is 2.00 bits per heavy atom. The van der Waals surface area contributed by atoms with Crippen molar-refractivity contribution in [3.05, 3.63) is 0 Å². The van der Waals surface area contributed by atoms with Crippen molar-refractivity contribution in [1.29, 1.82) is 0 Å². The minimum Gasteiger partial charge on any atom is -0.377 e. The highest BCUT2D eigenvalue weighted by atomic mass is 35.5. The van der Waals surface area contributed by atoms with Crippen molar-refractivity contribution in [2.45, 2.75) is 32.3 Å². The summed E-state index contributed by atoms with van der Waals surface area (Å²) in [5.41, 5.74) is -0.279. The molecule has 1 amide bonds. The van der Waals surface area contributed by atoms with E-state index in [9.17, 15) is 4.79 Å². The fourth-order valence-corrected chi connectivity index (χ4v) is 0.898. The number of amides is 1. The van der Waals surface area contributed by atoms with E-state index in [2.05, 4.69) is 10.6 Å². The quantitative estimate of drug-likeness (QED) is 0.650. The predicted octanol–water partition coefficient (Wildman–Crippen LogP) is 0.949. The van der Waals surface area contributed by atoms with Crippen molar-refractivity contribution < 1.29 is 9.53 Å². The van der Waals surface area contributed by atoms with Crippen LogP contribution in [-0.4, -0.2) is 38.8 Å². The third-order valence-electron chi connectivity index (χ3n) is 2.09. The first kappa shape index (κ1) is 17.1. The summed E-state index contributed by atoms with van der Waals surface area (Å²) in [6.45, 7) is 5.32. The summed E-state index contributed by atoms with van der Waals surface area (Å²) < 4.78 is 5.19. The molecule has 0 heterocycles. The van der Waals surface area contributed by atoms with E-state index in [-0.39, 0.29) is 23.9 Å². The molecule has 0 bridgehead atoms. The molecule has 0 saturated heterocycles. The van der Waals surface area contributed by atoms with Gasteiger partial charge < -0.3 is 15.4 Å². The fourth-order valence-electron chi connectivity index (χ4n) is 0.898. The maximum atomic E-state index is 11.3. The molecule has 0 atom stereocenters. The van der Waals surface area contributed by atoms with Crippen molar-refractivity contribution >= 4 is 18.3 Å². The zero-order valence-electron chi connectivity index (χ0n) is 10.1. The number of methoxy groups -OCH3 is 1. The summed E-state index contributed by atoms with van der Waals surface area (Å²) in [5.74, 6) is 0.0883. The average molecular weight is 239 g/mol. The first-order valence-corrected chi connectivity index (χ1v) is 4.98. The largest absolute Gasteiger partial charge is 0.377 e. The Balaban J connectivity index is 0. The van der Waals surface area contributed by atoms with E-state index in [4.69, 9.17) is 4.74 Å². The number of carbonyl (C=O) groups excluding carboxylic acids is 1. The highest BCUT2D eigenvalue weighted by Gasteiger charge is 2.16. The molecule has 0 aromatic heterocycles. The molecule has 2 N–H and O–H groups in total. The summed E-state index contributed by atoms with van der Waals surface area (Å²) in [5, 5.41) is 5.84. The van der Waals surface area contributed by atoms with Gasteiger partial charge in [-0.2, -0.15) is 0 Å². The first-order valence-electron chi connectivity index (χ1n) is 4.98. The number of rotatable bonds is 7. The molecule has 0 spiro atoms. The lowest BCUT2D eigenvalue weighted by Crippen LogP contribution is -2.39. The molecule has 0 fully saturated rings. The lowest BCUT2D eigenvalue weighted by atomic mass is 10.1. The average Bonchev–Trinajstić information content (AvgIpc) is 2.16. The van der Waals surface area contributed by atoms with Gasteiger partial charge in [0, 0.05) is 20.1 Å². The van der Waals surface area contributed by atoms with Gasteiger partial charge in [0.05, 0.1) is 5.60 Å². The molecule has 5 heteroatoms. The Morgan fingerprint density at radius 3 is 2.47 bits per heavy atom. The van der Waals surface area contributed by atoms with Crippen LogP contribution in [0.25, 0.3) is 0 Å². The molecular weight excluding hydrogens is 216 g/mol. The molecular formula is C10H23ClN2O2. The van der Waals surface area contributed by atoms with Crippen molar-refractivity contribution in [2.24, 2.45) is 0 Å². The van der Waals surface area contributed by atoms with E-state index in [1.807, 2.05) is 20.9 Å². The van der Waals surface area contributed by atoms with Gasteiger partial charge >= 0.3 is 0 Å². The molecule has 0 aliphatic carbocycles. The molecule has 15 heavy (non-hydrogen) atoms. The number of halogens is 1. The number of ether oxygens (including phenoxy) is 1. The van der Waals surface area contributed by atoms with Crippen LogP contribution in [-0.2, 0) is 9.53 Å². The number of hydrogen-bond acceptors (Lipinski definition) is 3. The van der Waals surface area contributed by atoms with Gasteiger partial charge in [-0.25, -0.2) is 0 Å². The molecule has 92 valence electrons. The zero-order valence-corrected chi connectivity index (χ0v) is 10.9. The maximum absolute atomic E-state index is 11.3. The highest BCUT2D eigenvalue weighted by Crippen LogP contribution is 2.04. The van der Waals surface area contributed by atoms with E-state index in [1.54, 1.807) is 7.11 Å². The molecule has 0 aliphatic rings. The second-order valence-corrected chi connectivity index (χ2v) is 3.95. The minimum absolute atomic E-state index is 0. The van der Waals surface area contributed by atoms with E-state index in [0.717, 1.165) is 13.0 Å². The number of nitrogens with one attached hydrogen (secondary N) is 2. The van der Waals surface area contributed by atoms with Crippen LogP contribution in [0.3, 0.4) is 0 Å². The fraction of sp³-hybridized carbons (Fsp3) is 0.900. The van der Waals surface area contributed by atoms with Crippen LogP contribution >= 0.6 is 12.4 Å². The number of carbonyl (C=O) groups is 1. The van der Waals surface area contributed by atoms with Crippen molar-refractivity contribution in [2.75, 3.05) is 27.2 Å². The normalized spacial score (nSPS) is 10.7. The van der Waals surface area contributed by atoms with Crippen molar-refractivity contribution in [3.63, 3.8) is 0 Å². The Morgan fingerprint density at radius 1 is 1.40 bits per heavy atom. The molecule has 0 saturated carbocycles. The van der Waals surface area contributed by atoms with Crippen molar-refractivity contribution in [3.8, 4) is 0 Å². The van der Waals surface area contributed by atoms with Gasteiger partial charge in [0.2, 0.25) is 5.91 Å². The van der Waals surface area contributed by atoms with Crippen LogP contribution < -0.4 is 10.6 Å². The molecule has 0 aromatic carbocycles. The van der Waals surface area contributed by atoms with Crippen LogP contribution in [0.2, 0.25) is 0 Å². The summed E-state index contributed by atoms with van der Waals surface area (Å²) in [6, 6.07) is 0. The zero-order chi connectivity index (χ0) is 11.0. The van der Waals surface area contributed by atoms with Gasteiger partial charge in [-0.05, 0) is 33.9 Å². The van der Waals surface area contributed by atoms with E-state index in [1.165, 1.54) is 0 Å². The smallest absolute Gasteiger partial charge is 0.220 e. The summed E-state index contributed by atoms with van der Waals surface area (Å²) in [7, 11) is 3.53. The molecule has 0 aromatic rings. The Kier molecular flexibility index (Phi) is 10.2. The van der Waals surface area contributed by atoms with E-state index in [0.29, 0.717) is 13.0 Å². The third kappa shape index (κ3) is 9.97. The second kappa shape index (κ2) is 8.95. The lowest BCUT2D eigenvalue weighted by Gasteiger charge is -2.23. The molecule has 4 nitrogen and oxygen atoms in total. The molecule has 0 aliphatic heterocycles. The van der Waals surface area contributed by atoms with Crippen molar-refractivity contribution in [1.82, 2.24) is 10.6 Å². The molecule has 0 radical (unpaired) electrons. The summed E-state index contributed by atoms with van der Waals surface area (Å²) >= 11 is 0. The Hall–Kier alpha value is -0.320. The Bertz CT molecular complexity index is 175. The third-order valence-corrected chi connectivity index (χ3v) is 2.09. The minimum atomic E-state index is -0.279. The predicted molar refractivity (Wildman–Crippen MR) is 64.5 cm³/mol. The van der Waals surface area contributed by atoms with Gasteiger partial charge in [-0.1, -0.05) is 0 Å². The van der Waals surface area contributed by atoms with Gasteiger partial charge in [-0.15, -0.1) is 12.4 Å². The van der Waals surface area contributed by atoms with E-state index >= 15 is 0 Å². The van der Waals surface area contributed by atoms with Crippen LogP contribution in [0.15, 0.2) is 0 Å². The highest BCUT2D eigenvalue weighted by molar-refractivity contribution is 5.85. The second-order valence-electron chi connectivity index (χ2n) is 3.95. The van der Waals surface area contributed by atoms with E-state index < -0.39 is 0 Å². The standard InChI is InChI=1S/C10H22N2O2.ClH/c1-10(2,14-4)8-12-9(13)6-5-7-11-3;/h11H,5-8H2,1-4H3,(H,12,13);1H. The molecule has 0 unspecified atom stereocenters. The first-order chi connectivity index (χ1) is 6.52. The van der Waals surface area contributed by atoms with Gasteiger partial charge in [0.1, 0.15) is 0 Å². The lowest BCUT2D eigenvalue weighted by molar-refractivity contribution is -0.122. The van der Waals surface area contributed by atoms with Gasteiger partial charge in [-0.3, -0.25) is 4.79 Å². The van der Waals surface area contributed by atoms with Gasteiger partial charge in [0.15, 0.2) is 0 Å². The van der Waals surface area contributed by atoms with Gasteiger partial charge in [0.25, 0.3) is 0 Å². The SMILES string of the molecule is CNCCCC(=O)NCC(C)(C)OC.Cl. The summed E-state index contributed by atoms with van der Waals surface area (Å²) in [4.78, 5) is 11.3. The Labute approximate surface area is 98.6 Å². The topological polar surface area (TPSA) is 50.4 Å². The summed E-state index contributed by atoms with van der Waals surface area (Å²) in [6.07, 6.45) is 1.44. The van der Waals surface area contributed by atoms with Crippen LogP contribution in [0.4, 0.5) is 0 Å². The maximum Gasteiger partial charge on any atom is 0.220 e. The molecule has 0 rings (SSSR count). The van der Waals surface area contributed by atoms with Crippen LogP contribution in [0, 0.1) is 0 Å². The number of hydrogen-bond donors (Lipinski definition) is 2. The monoisotopic (exact) mass is 238 g/mol.